The van der Waals surface area contributed by atoms with Gasteiger partial charge < -0.3 is 15.4 Å². The first-order valence-electron chi connectivity index (χ1n) is 8.96. The molecule has 3 rings (SSSR count). The van der Waals surface area contributed by atoms with Gasteiger partial charge in [-0.05, 0) is 52.7 Å². The van der Waals surface area contributed by atoms with Crippen molar-refractivity contribution in [3.05, 3.63) is 34.0 Å². The Morgan fingerprint density at radius 3 is 2.61 bits per heavy atom. The lowest BCUT2D eigenvalue weighted by atomic mass is 9.81. The summed E-state index contributed by atoms with van der Waals surface area (Å²) >= 11 is 1.42. The molecule has 0 radical (unpaired) electrons. The van der Waals surface area contributed by atoms with E-state index in [2.05, 4.69) is 43.4 Å². The zero-order valence-corrected chi connectivity index (χ0v) is 18.6. The van der Waals surface area contributed by atoms with Crippen LogP contribution in [0.3, 0.4) is 0 Å². The zero-order chi connectivity index (χ0) is 20.0. The van der Waals surface area contributed by atoms with Gasteiger partial charge in [-0.25, -0.2) is 4.79 Å². The van der Waals surface area contributed by atoms with Crippen molar-refractivity contribution in [3.63, 3.8) is 0 Å². The SMILES string of the molecule is CCn1ccc(C(=O)Nc2sc3c(c2C(=O)OC)CC(C)(C)NC3(C)C)n1.Cl. The number of nitrogens with one attached hydrogen (secondary N) is 2. The third-order valence-corrected chi connectivity index (χ3v) is 6.13. The largest absolute Gasteiger partial charge is 0.465 e. The lowest BCUT2D eigenvalue weighted by molar-refractivity contribution is 0.0600. The van der Waals surface area contributed by atoms with Crippen molar-refractivity contribution in [2.45, 2.75) is 58.7 Å². The Morgan fingerprint density at radius 1 is 1.36 bits per heavy atom. The third-order valence-electron chi connectivity index (χ3n) is 4.66. The molecule has 2 aromatic rings. The maximum Gasteiger partial charge on any atom is 0.341 e. The Kier molecular flexibility index (Phi) is 6.28. The molecule has 0 fully saturated rings. The van der Waals surface area contributed by atoms with Gasteiger partial charge in [0.1, 0.15) is 5.00 Å². The average Bonchev–Trinajstić information content (AvgIpc) is 3.17. The second-order valence-electron chi connectivity index (χ2n) is 7.93. The fourth-order valence-electron chi connectivity index (χ4n) is 3.76. The number of hydrogen-bond acceptors (Lipinski definition) is 6. The molecule has 9 heteroatoms. The summed E-state index contributed by atoms with van der Waals surface area (Å²) in [7, 11) is 1.36. The van der Waals surface area contributed by atoms with Crippen LogP contribution in [0.15, 0.2) is 12.3 Å². The number of aromatic nitrogens is 2. The van der Waals surface area contributed by atoms with Gasteiger partial charge in [-0.15, -0.1) is 23.7 Å². The molecule has 7 nitrogen and oxygen atoms in total. The Balaban J connectivity index is 0.00000280. The molecule has 2 aromatic heterocycles. The highest BCUT2D eigenvalue weighted by Crippen LogP contribution is 2.45. The molecule has 1 aliphatic rings. The van der Waals surface area contributed by atoms with E-state index in [-0.39, 0.29) is 29.4 Å². The van der Waals surface area contributed by atoms with Gasteiger partial charge in [-0.1, -0.05) is 0 Å². The fourth-order valence-corrected chi connectivity index (χ4v) is 5.02. The molecular weight excluding hydrogens is 400 g/mol. The number of methoxy groups -OCH3 is 1. The molecule has 0 atom stereocenters. The number of amides is 1. The molecule has 0 saturated carbocycles. The van der Waals surface area contributed by atoms with E-state index < -0.39 is 5.97 Å². The van der Waals surface area contributed by atoms with Crippen LogP contribution in [0, 0.1) is 0 Å². The molecule has 0 saturated heterocycles. The van der Waals surface area contributed by atoms with Crippen molar-refractivity contribution in [1.82, 2.24) is 15.1 Å². The molecule has 0 bridgehead atoms. The summed E-state index contributed by atoms with van der Waals surface area (Å²) < 4.78 is 6.71. The number of fused-ring (bicyclic) bond motifs is 1. The molecule has 0 unspecified atom stereocenters. The Morgan fingerprint density at radius 2 is 2.04 bits per heavy atom. The van der Waals surface area contributed by atoms with E-state index in [9.17, 15) is 9.59 Å². The van der Waals surface area contributed by atoms with Gasteiger partial charge >= 0.3 is 5.97 Å². The summed E-state index contributed by atoms with van der Waals surface area (Å²) in [6, 6.07) is 1.67. The van der Waals surface area contributed by atoms with Crippen molar-refractivity contribution >= 4 is 40.6 Å². The summed E-state index contributed by atoms with van der Waals surface area (Å²) in [5.74, 6) is -0.772. The predicted octanol–water partition coefficient (Wildman–Crippen LogP) is 3.58. The molecule has 1 aliphatic heterocycles. The van der Waals surface area contributed by atoms with Crippen molar-refractivity contribution in [2.75, 3.05) is 12.4 Å². The van der Waals surface area contributed by atoms with Crippen LogP contribution < -0.4 is 10.6 Å². The first kappa shape index (κ1) is 22.4. The number of hydrogen-bond donors (Lipinski definition) is 2. The van der Waals surface area contributed by atoms with Crippen LogP contribution in [0.2, 0.25) is 0 Å². The van der Waals surface area contributed by atoms with Crippen molar-refractivity contribution in [1.29, 1.82) is 0 Å². The van der Waals surface area contributed by atoms with E-state index in [1.54, 1.807) is 16.9 Å². The number of aryl methyl sites for hydroxylation is 1. The molecule has 0 aliphatic carbocycles. The summed E-state index contributed by atoms with van der Waals surface area (Å²) in [5.41, 5.74) is 1.20. The minimum atomic E-state index is -0.435. The number of carbonyl (C=O) groups excluding carboxylic acids is 2. The van der Waals surface area contributed by atoms with Crippen molar-refractivity contribution in [3.8, 4) is 0 Å². The smallest absolute Gasteiger partial charge is 0.341 e. The highest BCUT2D eigenvalue weighted by atomic mass is 35.5. The average molecular weight is 427 g/mol. The Hall–Kier alpha value is -1.90. The van der Waals surface area contributed by atoms with Crippen LogP contribution in [0.1, 0.15) is 65.9 Å². The van der Waals surface area contributed by atoms with Gasteiger partial charge in [0.25, 0.3) is 5.91 Å². The van der Waals surface area contributed by atoms with E-state index in [1.165, 1.54) is 18.4 Å². The first-order chi connectivity index (χ1) is 12.6. The van der Waals surface area contributed by atoms with Crippen molar-refractivity contribution in [2.24, 2.45) is 0 Å². The number of nitrogens with zero attached hydrogens (tertiary/aromatic N) is 2. The molecule has 1 amide bonds. The second-order valence-corrected chi connectivity index (χ2v) is 8.95. The van der Waals surface area contributed by atoms with E-state index in [1.807, 2.05) is 6.92 Å². The number of halogens is 1. The molecule has 154 valence electrons. The van der Waals surface area contributed by atoms with Crippen LogP contribution in [0.5, 0.6) is 0 Å². The minimum absolute atomic E-state index is 0. The second kappa shape index (κ2) is 7.85. The van der Waals surface area contributed by atoms with E-state index in [0.717, 1.165) is 10.4 Å². The third kappa shape index (κ3) is 4.09. The standard InChI is InChI=1S/C19H26N4O3S.ClH/c1-7-23-9-8-12(21-23)15(24)20-16-13(17(25)26-6)11-10-18(2,3)22-19(4,5)14(11)27-16;/h8-9,22H,7,10H2,1-6H3,(H,20,24);1H. The first-order valence-corrected chi connectivity index (χ1v) is 9.78. The normalized spacial score (nSPS) is 16.6. The molecule has 3 heterocycles. The number of esters is 1. The minimum Gasteiger partial charge on any atom is -0.465 e. The number of thiophene rings is 1. The number of ether oxygens (including phenoxy) is 1. The molecule has 28 heavy (non-hydrogen) atoms. The highest BCUT2D eigenvalue weighted by Gasteiger charge is 2.42. The van der Waals surface area contributed by atoms with E-state index in [0.29, 0.717) is 29.2 Å². The fraction of sp³-hybridized carbons (Fsp3) is 0.526. The summed E-state index contributed by atoms with van der Waals surface area (Å²) in [4.78, 5) is 26.2. The number of rotatable bonds is 4. The molecular formula is C19H27ClN4O3S. The number of anilines is 1. The van der Waals surface area contributed by atoms with Crippen LogP contribution in [0.4, 0.5) is 5.00 Å². The lowest BCUT2D eigenvalue weighted by Crippen LogP contribution is -2.55. The topological polar surface area (TPSA) is 85.2 Å². The van der Waals surface area contributed by atoms with Gasteiger partial charge in [-0.2, -0.15) is 5.10 Å². The zero-order valence-electron chi connectivity index (χ0n) is 17.0. The number of carbonyl (C=O) groups is 2. The van der Waals surface area contributed by atoms with Crippen LogP contribution in [-0.2, 0) is 23.2 Å². The van der Waals surface area contributed by atoms with Crippen molar-refractivity contribution < 1.29 is 14.3 Å². The molecule has 0 aromatic carbocycles. The van der Waals surface area contributed by atoms with E-state index in [4.69, 9.17) is 4.74 Å². The van der Waals surface area contributed by atoms with E-state index >= 15 is 0 Å². The maximum atomic E-state index is 12.7. The van der Waals surface area contributed by atoms with Gasteiger partial charge in [-0.3, -0.25) is 9.48 Å². The van der Waals surface area contributed by atoms with Crippen LogP contribution in [0.25, 0.3) is 0 Å². The van der Waals surface area contributed by atoms with Gasteiger partial charge in [0.05, 0.1) is 12.7 Å². The summed E-state index contributed by atoms with van der Waals surface area (Å²) in [6.07, 6.45) is 2.43. The highest BCUT2D eigenvalue weighted by molar-refractivity contribution is 7.17. The quantitative estimate of drug-likeness (QED) is 0.730. The predicted molar refractivity (Wildman–Crippen MR) is 113 cm³/mol. The monoisotopic (exact) mass is 426 g/mol. The van der Waals surface area contributed by atoms with Crippen LogP contribution in [-0.4, -0.2) is 34.3 Å². The molecule has 2 N–H and O–H groups in total. The van der Waals surface area contributed by atoms with Crippen LogP contribution >= 0.6 is 23.7 Å². The van der Waals surface area contributed by atoms with Gasteiger partial charge in [0, 0.05) is 28.7 Å². The maximum absolute atomic E-state index is 12.7. The summed E-state index contributed by atoms with van der Waals surface area (Å²) in [6.45, 7) is 11.0. The molecule has 0 spiro atoms. The Labute approximate surface area is 175 Å². The lowest BCUT2D eigenvalue weighted by Gasteiger charge is -2.42. The van der Waals surface area contributed by atoms with Gasteiger partial charge in [0.15, 0.2) is 5.69 Å². The summed E-state index contributed by atoms with van der Waals surface area (Å²) in [5, 5.41) is 11.2. The Bertz CT molecular complexity index is 901. The van der Waals surface area contributed by atoms with Gasteiger partial charge in [0.2, 0.25) is 0 Å².